The fourth-order valence-corrected chi connectivity index (χ4v) is 3.52. The zero-order valence-corrected chi connectivity index (χ0v) is 14.4. The summed E-state index contributed by atoms with van der Waals surface area (Å²) in [6, 6.07) is 7.66. The van der Waals surface area contributed by atoms with Crippen LogP contribution in [0.25, 0.3) is 0 Å². The zero-order valence-electron chi connectivity index (χ0n) is 11.3. The third-order valence-electron chi connectivity index (χ3n) is 3.01. The Morgan fingerprint density at radius 2 is 1.52 bits per heavy atom. The third-order valence-corrected chi connectivity index (χ3v) is 4.65. The van der Waals surface area contributed by atoms with Gasteiger partial charge in [0.1, 0.15) is 5.82 Å². The lowest BCUT2D eigenvalue weighted by molar-refractivity contribution is 0.354. The summed E-state index contributed by atoms with van der Waals surface area (Å²) in [4.78, 5) is -0.294. The topological polar surface area (TPSA) is 18.5 Å². The Kier molecular flexibility index (Phi) is 5.36. The number of methoxy groups -OCH3 is 2. The molecule has 2 aromatic carbocycles. The van der Waals surface area contributed by atoms with Crippen LogP contribution in [0.1, 0.15) is 16.0 Å². The lowest BCUT2D eigenvalue weighted by Gasteiger charge is -2.17. The van der Waals surface area contributed by atoms with Gasteiger partial charge in [-0.25, -0.2) is 4.39 Å². The van der Waals surface area contributed by atoms with Gasteiger partial charge in [0, 0.05) is 16.1 Å². The average Bonchev–Trinajstić information content (AvgIpc) is 2.46. The summed E-state index contributed by atoms with van der Waals surface area (Å²) >= 11 is 15.9. The molecule has 1 unspecified atom stereocenters. The van der Waals surface area contributed by atoms with Crippen molar-refractivity contribution >= 4 is 39.1 Å². The van der Waals surface area contributed by atoms with Crippen LogP contribution in [0.2, 0.25) is 10.0 Å². The fraction of sp³-hybridized carbons (Fsp3) is 0.200. The second kappa shape index (κ2) is 6.86. The second-order valence-corrected chi connectivity index (χ2v) is 5.99. The predicted molar refractivity (Wildman–Crippen MR) is 86.7 cm³/mol. The number of rotatable bonds is 4. The molecule has 6 heteroatoms. The van der Waals surface area contributed by atoms with Crippen molar-refractivity contribution in [1.29, 1.82) is 0 Å². The van der Waals surface area contributed by atoms with Crippen molar-refractivity contribution in [2.75, 3.05) is 14.2 Å². The van der Waals surface area contributed by atoms with E-state index < -0.39 is 0 Å². The Labute approximate surface area is 140 Å². The van der Waals surface area contributed by atoms with Gasteiger partial charge in [-0.05, 0) is 29.3 Å². The zero-order chi connectivity index (χ0) is 15.6. The third kappa shape index (κ3) is 3.44. The van der Waals surface area contributed by atoms with Crippen LogP contribution in [0.3, 0.4) is 0 Å². The van der Waals surface area contributed by atoms with Crippen molar-refractivity contribution in [2.24, 2.45) is 0 Å². The Bertz CT molecular complexity index is 664. The minimum absolute atomic E-state index is 0.294. The molecule has 0 spiro atoms. The summed E-state index contributed by atoms with van der Waals surface area (Å²) in [6.07, 6.45) is 0. The van der Waals surface area contributed by atoms with Gasteiger partial charge >= 0.3 is 0 Å². The quantitative estimate of drug-likeness (QED) is 0.626. The first kappa shape index (κ1) is 16.4. The fourth-order valence-electron chi connectivity index (χ4n) is 1.94. The molecule has 0 bridgehead atoms. The molecule has 0 aliphatic heterocycles. The second-order valence-electron chi connectivity index (χ2n) is 4.26. The SMILES string of the molecule is COc1cc(Cl)c(C(Br)c2ccc(F)cc2Cl)cc1OC. The van der Waals surface area contributed by atoms with E-state index in [1.54, 1.807) is 25.3 Å². The molecule has 0 aliphatic rings. The van der Waals surface area contributed by atoms with Crippen molar-refractivity contribution in [3.05, 3.63) is 57.3 Å². The lowest BCUT2D eigenvalue weighted by atomic mass is 10.0. The first-order valence-corrected chi connectivity index (χ1v) is 7.65. The van der Waals surface area contributed by atoms with E-state index in [0.717, 1.165) is 5.56 Å². The smallest absolute Gasteiger partial charge is 0.162 e. The van der Waals surface area contributed by atoms with Gasteiger partial charge in [0.2, 0.25) is 0 Å². The maximum absolute atomic E-state index is 13.1. The molecule has 0 heterocycles. The predicted octanol–water partition coefficient (Wildman–Crippen LogP) is 5.63. The summed E-state index contributed by atoms with van der Waals surface area (Å²) in [5.74, 6) is 0.706. The van der Waals surface area contributed by atoms with E-state index in [0.29, 0.717) is 27.1 Å². The van der Waals surface area contributed by atoms with E-state index in [1.807, 2.05) is 0 Å². The minimum Gasteiger partial charge on any atom is -0.493 e. The van der Waals surface area contributed by atoms with Gasteiger partial charge in [-0.3, -0.25) is 0 Å². The van der Waals surface area contributed by atoms with Gasteiger partial charge < -0.3 is 9.47 Å². The highest BCUT2D eigenvalue weighted by Gasteiger charge is 2.20. The Hall–Kier alpha value is -0.970. The molecule has 0 fully saturated rings. The van der Waals surface area contributed by atoms with Crippen LogP contribution in [-0.2, 0) is 0 Å². The highest BCUT2D eigenvalue weighted by Crippen LogP contribution is 2.43. The monoisotopic (exact) mass is 392 g/mol. The largest absolute Gasteiger partial charge is 0.493 e. The summed E-state index contributed by atoms with van der Waals surface area (Å²) in [6.45, 7) is 0. The highest BCUT2D eigenvalue weighted by molar-refractivity contribution is 9.09. The Balaban J connectivity index is 2.50. The van der Waals surface area contributed by atoms with Crippen LogP contribution in [0.5, 0.6) is 11.5 Å². The molecule has 0 aliphatic carbocycles. The number of hydrogen-bond donors (Lipinski definition) is 0. The van der Waals surface area contributed by atoms with Crippen molar-refractivity contribution in [1.82, 2.24) is 0 Å². The van der Waals surface area contributed by atoms with Crippen molar-refractivity contribution < 1.29 is 13.9 Å². The summed E-state index contributed by atoms with van der Waals surface area (Å²) in [5.41, 5.74) is 1.47. The van der Waals surface area contributed by atoms with Gasteiger partial charge in [-0.2, -0.15) is 0 Å². The molecule has 112 valence electrons. The van der Waals surface area contributed by atoms with Crippen LogP contribution >= 0.6 is 39.1 Å². The van der Waals surface area contributed by atoms with E-state index in [-0.39, 0.29) is 10.6 Å². The van der Waals surface area contributed by atoms with Crippen LogP contribution in [0, 0.1) is 5.82 Å². The molecule has 21 heavy (non-hydrogen) atoms. The molecule has 0 N–H and O–H groups in total. The lowest BCUT2D eigenvalue weighted by Crippen LogP contribution is -1.98. The average molecular weight is 394 g/mol. The minimum atomic E-state index is -0.387. The van der Waals surface area contributed by atoms with E-state index in [4.69, 9.17) is 32.7 Å². The first-order valence-electron chi connectivity index (χ1n) is 5.98. The van der Waals surface area contributed by atoms with Gasteiger partial charge in [-0.15, -0.1) is 0 Å². The molecule has 0 saturated heterocycles. The molecule has 2 nitrogen and oxygen atoms in total. The van der Waals surface area contributed by atoms with Crippen molar-refractivity contribution in [2.45, 2.75) is 4.83 Å². The molecule has 1 atom stereocenters. The maximum Gasteiger partial charge on any atom is 0.162 e. The van der Waals surface area contributed by atoms with E-state index in [9.17, 15) is 4.39 Å². The summed E-state index contributed by atoms with van der Waals surface area (Å²) in [7, 11) is 3.08. The number of benzene rings is 2. The molecule has 2 aromatic rings. The molecular weight excluding hydrogens is 382 g/mol. The van der Waals surface area contributed by atoms with Gasteiger partial charge in [0.05, 0.1) is 19.0 Å². The maximum atomic E-state index is 13.1. The van der Waals surface area contributed by atoms with Gasteiger partial charge in [0.15, 0.2) is 11.5 Å². The van der Waals surface area contributed by atoms with Gasteiger partial charge in [0.25, 0.3) is 0 Å². The number of halogens is 4. The van der Waals surface area contributed by atoms with Gasteiger partial charge in [-0.1, -0.05) is 45.2 Å². The Morgan fingerprint density at radius 3 is 2.10 bits per heavy atom. The van der Waals surface area contributed by atoms with Crippen molar-refractivity contribution in [3.63, 3.8) is 0 Å². The van der Waals surface area contributed by atoms with Crippen LogP contribution in [-0.4, -0.2) is 14.2 Å². The molecule has 2 rings (SSSR count). The number of alkyl halides is 1. The highest BCUT2D eigenvalue weighted by atomic mass is 79.9. The van der Waals surface area contributed by atoms with E-state index in [2.05, 4.69) is 15.9 Å². The summed E-state index contributed by atoms with van der Waals surface area (Å²) < 4.78 is 23.6. The number of ether oxygens (including phenoxy) is 2. The Morgan fingerprint density at radius 1 is 0.952 bits per heavy atom. The molecule has 0 saturated carbocycles. The van der Waals surface area contributed by atoms with Crippen LogP contribution in [0.4, 0.5) is 4.39 Å². The number of hydrogen-bond acceptors (Lipinski definition) is 2. The normalized spacial score (nSPS) is 12.1. The van der Waals surface area contributed by atoms with Crippen LogP contribution < -0.4 is 9.47 Å². The molecule has 0 aromatic heterocycles. The standard InChI is InChI=1S/C15H12BrCl2FO2/c1-20-13-6-10(12(18)7-14(13)21-2)15(16)9-4-3-8(19)5-11(9)17/h3-7,15H,1-2H3. The van der Waals surface area contributed by atoms with Crippen LogP contribution in [0.15, 0.2) is 30.3 Å². The molecule has 0 radical (unpaired) electrons. The van der Waals surface area contributed by atoms with E-state index >= 15 is 0 Å². The van der Waals surface area contributed by atoms with E-state index in [1.165, 1.54) is 19.2 Å². The summed E-state index contributed by atoms with van der Waals surface area (Å²) in [5, 5.41) is 0.817. The van der Waals surface area contributed by atoms with Crippen molar-refractivity contribution in [3.8, 4) is 11.5 Å². The molecular formula is C15H12BrCl2FO2. The molecule has 0 amide bonds. The first-order chi connectivity index (χ1) is 9.97.